The number of hydrogen-bond acceptors (Lipinski definition) is 9. The van der Waals surface area contributed by atoms with Gasteiger partial charge in [0.05, 0.1) is 56.4 Å². The van der Waals surface area contributed by atoms with Crippen molar-refractivity contribution >= 4 is 23.4 Å². The summed E-state index contributed by atoms with van der Waals surface area (Å²) in [5.41, 5.74) is 1.86. The van der Waals surface area contributed by atoms with Crippen LogP contribution in [0.2, 0.25) is 0 Å². The van der Waals surface area contributed by atoms with Crippen LogP contribution in [0.25, 0.3) is 6.08 Å². The normalized spacial score (nSPS) is 15.0. The van der Waals surface area contributed by atoms with Crippen LogP contribution in [-0.2, 0) is 9.53 Å². The fourth-order valence-corrected chi connectivity index (χ4v) is 5.35. The molecule has 38 heavy (non-hydrogen) atoms. The predicted octanol–water partition coefficient (Wildman–Crippen LogP) is 3.22. The molecular weight excluding hydrogens is 508 g/mol. The molecular formula is C28H30N2O7S. The fourth-order valence-electron chi connectivity index (χ4n) is 4.32. The zero-order valence-electron chi connectivity index (χ0n) is 22.2. The monoisotopic (exact) mass is 538 g/mol. The van der Waals surface area contributed by atoms with Crippen LogP contribution in [0.5, 0.6) is 23.0 Å². The number of carbonyl (C=O) groups excluding carboxylic acids is 1. The van der Waals surface area contributed by atoms with Crippen LogP contribution >= 0.6 is 11.3 Å². The largest absolute Gasteiger partial charge is 0.497 e. The van der Waals surface area contributed by atoms with Gasteiger partial charge in [0.2, 0.25) is 0 Å². The molecule has 0 saturated carbocycles. The van der Waals surface area contributed by atoms with Crippen LogP contribution < -0.4 is 33.8 Å². The Morgan fingerprint density at radius 3 is 2.42 bits per heavy atom. The summed E-state index contributed by atoms with van der Waals surface area (Å²) in [6.07, 6.45) is 1.75. The number of benzene rings is 2. The number of aromatic nitrogens is 1. The Hall–Kier alpha value is -4.05. The second-order valence-electron chi connectivity index (χ2n) is 8.25. The van der Waals surface area contributed by atoms with Crippen LogP contribution in [-0.4, -0.2) is 45.1 Å². The van der Waals surface area contributed by atoms with Gasteiger partial charge in [-0.2, -0.15) is 0 Å². The average molecular weight is 539 g/mol. The van der Waals surface area contributed by atoms with Gasteiger partial charge in [0.25, 0.3) is 5.56 Å². The number of esters is 1. The number of hydrogen-bond donors (Lipinski definition) is 0. The van der Waals surface area contributed by atoms with E-state index < -0.39 is 12.0 Å². The van der Waals surface area contributed by atoms with E-state index in [1.807, 2.05) is 19.1 Å². The highest BCUT2D eigenvalue weighted by molar-refractivity contribution is 7.07. The number of carbonyl (C=O) groups is 1. The third-order valence-corrected chi connectivity index (χ3v) is 7.03. The van der Waals surface area contributed by atoms with Gasteiger partial charge in [-0.25, -0.2) is 9.79 Å². The van der Waals surface area contributed by atoms with Crippen LogP contribution in [0.4, 0.5) is 0 Å². The van der Waals surface area contributed by atoms with Gasteiger partial charge in [-0.15, -0.1) is 0 Å². The summed E-state index contributed by atoms with van der Waals surface area (Å²) in [5, 5.41) is 0. The molecule has 1 atom stereocenters. The van der Waals surface area contributed by atoms with Crippen LogP contribution in [0.15, 0.2) is 57.5 Å². The maximum Gasteiger partial charge on any atom is 0.338 e. The Labute approximate surface area is 224 Å². The highest BCUT2D eigenvalue weighted by atomic mass is 32.1. The first-order chi connectivity index (χ1) is 18.4. The minimum atomic E-state index is -0.768. The van der Waals surface area contributed by atoms with E-state index in [1.54, 1.807) is 65.5 Å². The summed E-state index contributed by atoms with van der Waals surface area (Å²) in [4.78, 5) is 32.1. The Morgan fingerprint density at radius 2 is 1.76 bits per heavy atom. The lowest BCUT2D eigenvalue weighted by molar-refractivity contribution is -0.139. The van der Waals surface area contributed by atoms with Crippen LogP contribution in [0, 0.1) is 0 Å². The molecule has 0 saturated heterocycles. The maximum atomic E-state index is 13.9. The van der Waals surface area contributed by atoms with Crippen LogP contribution in [0.3, 0.4) is 0 Å². The van der Waals surface area contributed by atoms with Crippen molar-refractivity contribution < 1.29 is 28.5 Å². The first-order valence-electron chi connectivity index (χ1n) is 12.1. The molecule has 0 radical (unpaired) electrons. The lowest BCUT2D eigenvalue weighted by Gasteiger charge is -2.25. The first-order valence-corrected chi connectivity index (χ1v) is 12.9. The molecule has 0 bridgehead atoms. The summed E-state index contributed by atoms with van der Waals surface area (Å²) >= 11 is 1.24. The van der Waals surface area contributed by atoms with Crippen molar-refractivity contribution in [2.45, 2.75) is 26.8 Å². The standard InChI is InChI=1S/C28H30N2O7S/c1-7-36-22-13-18(10-12-20(22)34-5)25-24(27(32)37-8-2)16(3)29-28-30(25)26(31)23(38-28)14-17-9-11-19(33-4)15-21(17)35-6/h9-15,25H,7-8H2,1-6H3/t25-/m0/s1. The summed E-state index contributed by atoms with van der Waals surface area (Å²) < 4.78 is 29.4. The molecule has 9 nitrogen and oxygen atoms in total. The van der Waals surface area contributed by atoms with Gasteiger partial charge in [-0.05, 0) is 56.7 Å². The number of nitrogens with zero attached hydrogens (tertiary/aromatic N) is 2. The minimum absolute atomic E-state index is 0.191. The van der Waals surface area contributed by atoms with Gasteiger partial charge in [0.15, 0.2) is 16.3 Å². The highest BCUT2D eigenvalue weighted by Gasteiger charge is 2.34. The molecule has 200 valence electrons. The smallest absolute Gasteiger partial charge is 0.338 e. The molecule has 2 aromatic carbocycles. The Morgan fingerprint density at radius 1 is 1.00 bits per heavy atom. The van der Waals surface area contributed by atoms with Crippen molar-refractivity contribution in [3.63, 3.8) is 0 Å². The first kappa shape index (κ1) is 27.0. The number of rotatable bonds is 9. The van der Waals surface area contributed by atoms with Crippen molar-refractivity contribution in [2.75, 3.05) is 34.5 Å². The molecule has 0 spiro atoms. The number of methoxy groups -OCH3 is 3. The third-order valence-electron chi connectivity index (χ3n) is 6.05. The summed E-state index contributed by atoms with van der Waals surface area (Å²) in [6.45, 7) is 5.97. The molecule has 10 heteroatoms. The highest BCUT2D eigenvalue weighted by Crippen LogP contribution is 2.36. The molecule has 0 N–H and O–H groups in total. The number of fused-ring (bicyclic) bond motifs is 1. The Kier molecular flexibility index (Phi) is 8.21. The van der Waals surface area contributed by atoms with Gasteiger partial charge < -0.3 is 23.7 Å². The van der Waals surface area contributed by atoms with Gasteiger partial charge >= 0.3 is 5.97 Å². The fraction of sp³-hybridized carbons (Fsp3) is 0.321. The van der Waals surface area contributed by atoms with E-state index in [-0.39, 0.29) is 12.2 Å². The Bertz CT molecular complexity index is 1570. The van der Waals surface area contributed by atoms with Gasteiger partial charge in [0, 0.05) is 11.6 Å². The van der Waals surface area contributed by atoms with E-state index in [0.29, 0.717) is 61.3 Å². The summed E-state index contributed by atoms with van der Waals surface area (Å²) in [7, 11) is 4.69. The molecule has 1 aliphatic heterocycles. The zero-order chi connectivity index (χ0) is 27.4. The molecule has 0 amide bonds. The second kappa shape index (κ2) is 11.6. The topological polar surface area (TPSA) is 97.6 Å². The zero-order valence-corrected chi connectivity index (χ0v) is 23.0. The van der Waals surface area contributed by atoms with Crippen LogP contribution in [0.1, 0.15) is 37.9 Å². The lowest BCUT2D eigenvalue weighted by atomic mass is 9.95. The van der Waals surface area contributed by atoms with E-state index in [0.717, 1.165) is 0 Å². The van der Waals surface area contributed by atoms with Gasteiger partial charge in [0.1, 0.15) is 11.5 Å². The lowest BCUT2D eigenvalue weighted by Crippen LogP contribution is -2.40. The van der Waals surface area contributed by atoms with Gasteiger partial charge in [-0.3, -0.25) is 9.36 Å². The number of allylic oxidation sites excluding steroid dienone is 1. The predicted molar refractivity (Wildman–Crippen MR) is 144 cm³/mol. The van der Waals surface area contributed by atoms with Crippen molar-refractivity contribution in [3.8, 4) is 23.0 Å². The van der Waals surface area contributed by atoms with E-state index in [9.17, 15) is 9.59 Å². The second-order valence-corrected chi connectivity index (χ2v) is 9.26. The van der Waals surface area contributed by atoms with Crippen molar-refractivity contribution in [1.29, 1.82) is 0 Å². The SMILES string of the molecule is CCOC(=O)C1=C(C)N=c2sc(=Cc3ccc(OC)cc3OC)c(=O)n2[C@H]1c1ccc(OC)c(OCC)c1. The molecule has 2 heterocycles. The average Bonchev–Trinajstić information content (AvgIpc) is 3.22. The van der Waals surface area contributed by atoms with E-state index >= 15 is 0 Å². The Balaban J connectivity index is 1.96. The maximum absolute atomic E-state index is 13.9. The number of ether oxygens (including phenoxy) is 5. The summed E-state index contributed by atoms with van der Waals surface area (Å²) in [6, 6.07) is 9.96. The summed E-state index contributed by atoms with van der Waals surface area (Å²) in [5.74, 6) is 1.73. The molecule has 4 rings (SSSR count). The van der Waals surface area contributed by atoms with E-state index in [1.165, 1.54) is 15.9 Å². The molecule has 0 fully saturated rings. The molecule has 1 aromatic heterocycles. The van der Waals surface area contributed by atoms with Gasteiger partial charge in [-0.1, -0.05) is 17.4 Å². The van der Waals surface area contributed by atoms with E-state index in [4.69, 9.17) is 23.7 Å². The molecule has 3 aromatic rings. The van der Waals surface area contributed by atoms with E-state index in [2.05, 4.69) is 4.99 Å². The third kappa shape index (κ3) is 5.04. The van der Waals surface area contributed by atoms with Crippen molar-refractivity contribution in [1.82, 2.24) is 4.57 Å². The molecule has 1 aliphatic rings. The number of thiazole rings is 1. The van der Waals surface area contributed by atoms with Crippen molar-refractivity contribution in [2.24, 2.45) is 4.99 Å². The molecule has 0 aliphatic carbocycles. The molecule has 0 unspecified atom stereocenters. The minimum Gasteiger partial charge on any atom is -0.497 e. The van der Waals surface area contributed by atoms with Crippen molar-refractivity contribution in [3.05, 3.63) is 78.5 Å². The quantitative estimate of drug-likeness (QED) is 0.386.